The lowest BCUT2D eigenvalue weighted by atomic mass is 10.1. The van der Waals surface area contributed by atoms with Crippen molar-refractivity contribution in [1.29, 1.82) is 0 Å². The molecule has 0 aliphatic rings. The summed E-state index contributed by atoms with van der Waals surface area (Å²) in [6.45, 7) is 3.72. The van der Waals surface area contributed by atoms with Gasteiger partial charge in [-0.2, -0.15) is 0 Å². The van der Waals surface area contributed by atoms with Gasteiger partial charge in [0.2, 0.25) is 0 Å². The summed E-state index contributed by atoms with van der Waals surface area (Å²) < 4.78 is 5.08. The van der Waals surface area contributed by atoms with Gasteiger partial charge < -0.3 is 9.64 Å². The van der Waals surface area contributed by atoms with Gasteiger partial charge in [-0.15, -0.1) is 0 Å². The zero-order chi connectivity index (χ0) is 15.9. The van der Waals surface area contributed by atoms with Gasteiger partial charge in [-0.3, -0.25) is 4.79 Å². The highest BCUT2D eigenvalue weighted by molar-refractivity contribution is 6.30. The third-order valence-corrected chi connectivity index (χ3v) is 3.68. The summed E-state index contributed by atoms with van der Waals surface area (Å²) >= 11 is 6.00. The van der Waals surface area contributed by atoms with Crippen LogP contribution in [0.2, 0.25) is 5.02 Å². The number of amides is 1. The van der Waals surface area contributed by atoms with Crippen molar-refractivity contribution in [1.82, 2.24) is 4.90 Å². The summed E-state index contributed by atoms with van der Waals surface area (Å²) in [5.74, 6) is 0.0199. The first kappa shape index (κ1) is 16.5. The fourth-order valence-electron chi connectivity index (χ4n) is 2.28. The van der Waals surface area contributed by atoms with E-state index in [-0.39, 0.29) is 5.91 Å². The van der Waals surface area contributed by atoms with Gasteiger partial charge in [0.1, 0.15) is 0 Å². The van der Waals surface area contributed by atoms with Gasteiger partial charge in [-0.1, -0.05) is 35.9 Å². The third kappa shape index (κ3) is 4.33. The number of rotatable bonds is 6. The van der Waals surface area contributed by atoms with Gasteiger partial charge >= 0.3 is 0 Å². The van der Waals surface area contributed by atoms with Crippen LogP contribution in [-0.2, 0) is 17.9 Å². The molecule has 22 heavy (non-hydrogen) atoms. The molecule has 0 atom stereocenters. The molecule has 0 N–H and O–H groups in total. The third-order valence-electron chi connectivity index (χ3n) is 3.44. The Labute approximate surface area is 136 Å². The van der Waals surface area contributed by atoms with Gasteiger partial charge in [0, 0.05) is 30.8 Å². The monoisotopic (exact) mass is 317 g/mol. The number of carbonyl (C=O) groups is 1. The number of nitrogens with zero attached hydrogens (tertiary/aromatic N) is 1. The molecule has 0 saturated heterocycles. The van der Waals surface area contributed by atoms with Crippen molar-refractivity contribution in [2.45, 2.75) is 20.1 Å². The highest BCUT2D eigenvalue weighted by Crippen LogP contribution is 2.15. The Morgan fingerprint density at radius 1 is 1.14 bits per heavy atom. The summed E-state index contributed by atoms with van der Waals surface area (Å²) in [4.78, 5) is 14.4. The standard InChI is InChI=1S/C18H20ClNO2/c1-3-20(12-15-5-4-6-17(19)11-15)18(21)16-9-7-14(8-10-16)13-22-2/h4-11H,3,12-13H2,1-2H3. The number of ether oxygens (including phenoxy) is 1. The molecule has 0 heterocycles. The van der Waals surface area contributed by atoms with Crippen LogP contribution in [0.4, 0.5) is 0 Å². The molecule has 2 aromatic rings. The van der Waals surface area contributed by atoms with E-state index in [1.807, 2.05) is 55.5 Å². The number of methoxy groups -OCH3 is 1. The van der Waals surface area contributed by atoms with Crippen LogP contribution in [0, 0.1) is 0 Å². The van der Waals surface area contributed by atoms with E-state index < -0.39 is 0 Å². The van der Waals surface area contributed by atoms with E-state index in [1.165, 1.54) is 0 Å². The predicted molar refractivity (Wildman–Crippen MR) is 89.0 cm³/mol. The maximum atomic E-state index is 12.6. The molecule has 4 heteroatoms. The van der Waals surface area contributed by atoms with Crippen molar-refractivity contribution >= 4 is 17.5 Å². The van der Waals surface area contributed by atoms with Gasteiger partial charge in [-0.25, -0.2) is 0 Å². The summed E-state index contributed by atoms with van der Waals surface area (Å²) in [5.41, 5.74) is 2.76. The molecule has 0 saturated carbocycles. The average molecular weight is 318 g/mol. The smallest absolute Gasteiger partial charge is 0.254 e. The second kappa shape index (κ2) is 7.97. The van der Waals surface area contributed by atoms with E-state index in [0.717, 1.165) is 11.1 Å². The van der Waals surface area contributed by atoms with E-state index in [2.05, 4.69) is 0 Å². The van der Waals surface area contributed by atoms with Crippen molar-refractivity contribution in [2.24, 2.45) is 0 Å². The van der Waals surface area contributed by atoms with Gasteiger partial charge in [0.25, 0.3) is 5.91 Å². The lowest BCUT2D eigenvalue weighted by molar-refractivity contribution is 0.0752. The van der Waals surface area contributed by atoms with Gasteiger partial charge in [0.15, 0.2) is 0 Å². The lowest BCUT2D eigenvalue weighted by Gasteiger charge is -2.21. The van der Waals surface area contributed by atoms with Crippen LogP contribution in [-0.4, -0.2) is 24.5 Å². The summed E-state index contributed by atoms with van der Waals surface area (Å²) in [7, 11) is 1.66. The Bertz CT molecular complexity index is 625. The topological polar surface area (TPSA) is 29.5 Å². The summed E-state index contributed by atoms with van der Waals surface area (Å²) in [5, 5.41) is 0.685. The second-order valence-corrected chi connectivity index (χ2v) is 5.52. The van der Waals surface area contributed by atoms with E-state index in [0.29, 0.717) is 30.3 Å². The van der Waals surface area contributed by atoms with Crippen molar-refractivity contribution in [3.63, 3.8) is 0 Å². The Hall–Kier alpha value is -1.84. The van der Waals surface area contributed by atoms with Gasteiger partial charge in [0.05, 0.1) is 6.61 Å². The minimum absolute atomic E-state index is 0.0199. The van der Waals surface area contributed by atoms with Crippen molar-refractivity contribution in [3.8, 4) is 0 Å². The second-order valence-electron chi connectivity index (χ2n) is 5.08. The number of hydrogen-bond donors (Lipinski definition) is 0. The van der Waals surface area contributed by atoms with E-state index >= 15 is 0 Å². The molecule has 0 aliphatic carbocycles. The molecule has 116 valence electrons. The van der Waals surface area contributed by atoms with Crippen LogP contribution in [0.3, 0.4) is 0 Å². The molecule has 1 amide bonds. The molecule has 0 radical (unpaired) electrons. The number of halogens is 1. The molecule has 0 unspecified atom stereocenters. The van der Waals surface area contributed by atoms with Crippen LogP contribution < -0.4 is 0 Å². The number of hydrogen-bond acceptors (Lipinski definition) is 2. The lowest BCUT2D eigenvalue weighted by Crippen LogP contribution is -2.30. The minimum Gasteiger partial charge on any atom is -0.380 e. The van der Waals surface area contributed by atoms with Crippen LogP contribution in [0.25, 0.3) is 0 Å². The SMILES string of the molecule is CCN(Cc1cccc(Cl)c1)C(=O)c1ccc(COC)cc1. The average Bonchev–Trinajstić information content (AvgIpc) is 2.53. The minimum atomic E-state index is 0.0199. The Kier molecular flexibility index (Phi) is 5.99. The van der Waals surface area contributed by atoms with Crippen LogP contribution in [0.1, 0.15) is 28.4 Å². The molecule has 0 spiro atoms. The zero-order valence-electron chi connectivity index (χ0n) is 12.9. The molecule has 0 aromatic heterocycles. The fraction of sp³-hybridized carbons (Fsp3) is 0.278. The maximum absolute atomic E-state index is 12.6. The highest BCUT2D eigenvalue weighted by Gasteiger charge is 2.14. The van der Waals surface area contributed by atoms with Crippen molar-refractivity contribution in [2.75, 3.05) is 13.7 Å². The molecular formula is C18H20ClNO2. The maximum Gasteiger partial charge on any atom is 0.254 e. The molecule has 2 aromatic carbocycles. The molecular weight excluding hydrogens is 298 g/mol. The summed E-state index contributed by atoms with van der Waals surface area (Å²) in [6.07, 6.45) is 0. The quantitative estimate of drug-likeness (QED) is 0.801. The molecule has 0 fully saturated rings. The fourth-order valence-corrected chi connectivity index (χ4v) is 2.49. The molecule has 3 nitrogen and oxygen atoms in total. The molecule has 0 bridgehead atoms. The zero-order valence-corrected chi connectivity index (χ0v) is 13.6. The Morgan fingerprint density at radius 3 is 2.45 bits per heavy atom. The van der Waals surface area contributed by atoms with E-state index in [1.54, 1.807) is 12.0 Å². The number of carbonyl (C=O) groups excluding carboxylic acids is 1. The first-order valence-electron chi connectivity index (χ1n) is 7.25. The predicted octanol–water partition coefficient (Wildman–Crippen LogP) is 4.15. The van der Waals surface area contributed by atoms with Crippen LogP contribution in [0.5, 0.6) is 0 Å². The molecule has 0 aliphatic heterocycles. The highest BCUT2D eigenvalue weighted by atomic mass is 35.5. The van der Waals surface area contributed by atoms with Crippen molar-refractivity contribution < 1.29 is 9.53 Å². The normalized spacial score (nSPS) is 10.5. The Balaban J connectivity index is 2.11. The summed E-state index contributed by atoms with van der Waals surface area (Å²) in [6, 6.07) is 15.1. The van der Waals surface area contributed by atoms with E-state index in [9.17, 15) is 4.79 Å². The van der Waals surface area contributed by atoms with E-state index in [4.69, 9.17) is 16.3 Å². The van der Waals surface area contributed by atoms with Gasteiger partial charge in [-0.05, 0) is 42.3 Å². The van der Waals surface area contributed by atoms with Crippen LogP contribution in [0.15, 0.2) is 48.5 Å². The van der Waals surface area contributed by atoms with Crippen LogP contribution >= 0.6 is 11.6 Å². The first-order chi connectivity index (χ1) is 10.6. The number of benzene rings is 2. The Morgan fingerprint density at radius 2 is 1.86 bits per heavy atom. The largest absolute Gasteiger partial charge is 0.380 e. The molecule has 2 rings (SSSR count). The first-order valence-corrected chi connectivity index (χ1v) is 7.63. The van der Waals surface area contributed by atoms with Crippen molar-refractivity contribution in [3.05, 3.63) is 70.2 Å².